The fourth-order valence-electron chi connectivity index (χ4n) is 2.88. The van der Waals surface area contributed by atoms with Crippen LogP contribution in [0.25, 0.3) is 0 Å². The first-order valence-corrected chi connectivity index (χ1v) is 7.33. The zero-order valence-electron chi connectivity index (χ0n) is 11.2. The van der Waals surface area contributed by atoms with E-state index in [4.69, 9.17) is 17.3 Å². The molecule has 2 aromatic rings. The van der Waals surface area contributed by atoms with Crippen molar-refractivity contribution in [3.8, 4) is 0 Å². The molecule has 0 aliphatic heterocycles. The molecule has 0 fully saturated rings. The van der Waals surface area contributed by atoms with Crippen molar-refractivity contribution >= 4 is 11.6 Å². The predicted molar refractivity (Wildman–Crippen MR) is 80.5 cm³/mol. The summed E-state index contributed by atoms with van der Waals surface area (Å²) in [5.74, 6) is -0.384. The Labute approximate surface area is 123 Å². The number of nitrogens with two attached hydrogens (primary N) is 1. The Morgan fingerprint density at radius 2 is 1.95 bits per heavy atom. The molecule has 3 heteroatoms. The molecule has 2 aromatic carbocycles. The van der Waals surface area contributed by atoms with Crippen molar-refractivity contribution in [3.63, 3.8) is 0 Å². The quantitative estimate of drug-likeness (QED) is 0.900. The van der Waals surface area contributed by atoms with Crippen LogP contribution in [0.1, 0.15) is 34.7 Å². The molecule has 104 valence electrons. The molecule has 20 heavy (non-hydrogen) atoms. The number of fused-ring (bicyclic) bond motifs is 1. The van der Waals surface area contributed by atoms with E-state index in [0.29, 0.717) is 6.42 Å². The summed E-state index contributed by atoms with van der Waals surface area (Å²) < 4.78 is 13.4. The van der Waals surface area contributed by atoms with Gasteiger partial charge in [0.25, 0.3) is 0 Å². The maximum Gasteiger partial charge on any atom is 0.142 e. The van der Waals surface area contributed by atoms with Gasteiger partial charge in [0.1, 0.15) is 5.82 Å². The summed E-state index contributed by atoms with van der Waals surface area (Å²) in [5.41, 5.74) is 11.0. The van der Waals surface area contributed by atoms with E-state index in [1.807, 2.05) is 6.07 Å². The summed E-state index contributed by atoms with van der Waals surface area (Å²) in [7, 11) is 0. The zero-order valence-corrected chi connectivity index (χ0v) is 12.0. The summed E-state index contributed by atoms with van der Waals surface area (Å²) in [6.07, 6.45) is 4.08. The number of aryl methyl sites for hydroxylation is 2. The van der Waals surface area contributed by atoms with Crippen molar-refractivity contribution in [1.82, 2.24) is 0 Å². The van der Waals surface area contributed by atoms with Gasteiger partial charge in [-0.2, -0.15) is 0 Å². The van der Waals surface area contributed by atoms with Gasteiger partial charge in [0.2, 0.25) is 0 Å². The van der Waals surface area contributed by atoms with Crippen molar-refractivity contribution in [2.75, 3.05) is 0 Å². The summed E-state index contributed by atoms with van der Waals surface area (Å²) in [6.45, 7) is 0. The van der Waals surface area contributed by atoms with E-state index >= 15 is 0 Å². The molecule has 0 aromatic heterocycles. The van der Waals surface area contributed by atoms with Crippen LogP contribution in [-0.4, -0.2) is 0 Å². The first kappa shape index (κ1) is 13.6. The van der Waals surface area contributed by atoms with Crippen molar-refractivity contribution in [2.24, 2.45) is 5.73 Å². The Kier molecular flexibility index (Phi) is 3.77. The highest BCUT2D eigenvalue weighted by Gasteiger charge is 2.15. The molecule has 1 nitrogen and oxygen atoms in total. The van der Waals surface area contributed by atoms with Crippen LogP contribution in [0.15, 0.2) is 36.4 Å². The molecule has 3 rings (SSSR count). The molecule has 0 saturated carbocycles. The molecule has 0 heterocycles. The van der Waals surface area contributed by atoms with Crippen LogP contribution in [0, 0.1) is 5.82 Å². The monoisotopic (exact) mass is 289 g/mol. The van der Waals surface area contributed by atoms with Crippen molar-refractivity contribution in [1.29, 1.82) is 0 Å². The molecule has 1 atom stereocenters. The zero-order chi connectivity index (χ0) is 14.1. The fraction of sp³-hybridized carbons (Fsp3) is 0.294. The Bertz CT molecular complexity index is 639. The molecule has 2 N–H and O–H groups in total. The third-order valence-corrected chi connectivity index (χ3v) is 4.45. The first-order valence-electron chi connectivity index (χ1n) is 6.95. The maximum absolute atomic E-state index is 13.4. The highest BCUT2D eigenvalue weighted by molar-refractivity contribution is 6.31. The Morgan fingerprint density at radius 3 is 2.80 bits per heavy atom. The number of benzene rings is 2. The first-order chi connectivity index (χ1) is 9.65. The van der Waals surface area contributed by atoms with Crippen LogP contribution in [0.3, 0.4) is 0 Å². The molecular formula is C17H17ClFN. The van der Waals surface area contributed by atoms with Gasteiger partial charge in [-0.25, -0.2) is 4.39 Å². The topological polar surface area (TPSA) is 26.0 Å². The standard InChI is InChI=1S/C17H17ClFN/c18-17-14(5-2-6-15(17)19)10-16(20)13-8-7-11-3-1-4-12(11)9-13/h2,5-9,16H,1,3-4,10,20H2. The van der Waals surface area contributed by atoms with Gasteiger partial charge in [-0.3, -0.25) is 0 Å². The summed E-state index contributed by atoms with van der Waals surface area (Å²) in [5, 5.41) is 0.184. The second kappa shape index (κ2) is 5.55. The van der Waals surface area contributed by atoms with Gasteiger partial charge in [0.15, 0.2) is 0 Å². The Balaban J connectivity index is 1.82. The van der Waals surface area contributed by atoms with E-state index in [2.05, 4.69) is 18.2 Å². The molecule has 0 amide bonds. The van der Waals surface area contributed by atoms with Crippen molar-refractivity contribution in [3.05, 3.63) is 69.5 Å². The smallest absolute Gasteiger partial charge is 0.142 e. The van der Waals surface area contributed by atoms with Crippen molar-refractivity contribution in [2.45, 2.75) is 31.7 Å². The summed E-state index contributed by atoms with van der Waals surface area (Å²) in [4.78, 5) is 0. The summed E-state index contributed by atoms with van der Waals surface area (Å²) in [6, 6.07) is 11.2. The second-order valence-electron chi connectivity index (χ2n) is 5.41. The average molecular weight is 290 g/mol. The van der Waals surface area contributed by atoms with Crippen LogP contribution in [0.2, 0.25) is 5.02 Å². The number of hydrogen-bond acceptors (Lipinski definition) is 1. The molecule has 0 radical (unpaired) electrons. The lowest BCUT2D eigenvalue weighted by molar-refractivity contribution is 0.622. The Morgan fingerprint density at radius 1 is 1.15 bits per heavy atom. The number of hydrogen-bond donors (Lipinski definition) is 1. The van der Waals surface area contributed by atoms with Crippen LogP contribution in [0.4, 0.5) is 4.39 Å². The minimum atomic E-state index is -0.384. The fourth-order valence-corrected chi connectivity index (χ4v) is 3.09. The van der Waals surface area contributed by atoms with Gasteiger partial charge in [0, 0.05) is 6.04 Å². The van der Waals surface area contributed by atoms with Gasteiger partial charge in [0.05, 0.1) is 5.02 Å². The van der Waals surface area contributed by atoms with E-state index in [-0.39, 0.29) is 16.9 Å². The predicted octanol–water partition coefficient (Wildman–Crippen LogP) is 4.21. The van der Waals surface area contributed by atoms with Crippen LogP contribution < -0.4 is 5.73 Å². The highest BCUT2D eigenvalue weighted by Crippen LogP contribution is 2.28. The highest BCUT2D eigenvalue weighted by atomic mass is 35.5. The van der Waals surface area contributed by atoms with E-state index in [9.17, 15) is 4.39 Å². The number of rotatable bonds is 3. The molecule has 0 bridgehead atoms. The van der Waals surface area contributed by atoms with Crippen LogP contribution in [-0.2, 0) is 19.3 Å². The maximum atomic E-state index is 13.4. The molecule has 0 spiro atoms. The largest absolute Gasteiger partial charge is 0.324 e. The van der Waals surface area contributed by atoms with Crippen LogP contribution >= 0.6 is 11.6 Å². The molecule has 1 aliphatic carbocycles. The molecular weight excluding hydrogens is 273 g/mol. The lowest BCUT2D eigenvalue weighted by Crippen LogP contribution is -2.14. The van der Waals surface area contributed by atoms with Gasteiger partial charge in [-0.05, 0) is 54.0 Å². The Hall–Kier alpha value is -1.38. The third kappa shape index (κ3) is 2.58. The SMILES string of the molecule is NC(Cc1cccc(F)c1Cl)c1ccc2c(c1)CCC2. The van der Waals surface area contributed by atoms with Crippen LogP contribution in [0.5, 0.6) is 0 Å². The van der Waals surface area contributed by atoms with Crippen molar-refractivity contribution < 1.29 is 4.39 Å². The van der Waals surface area contributed by atoms with Gasteiger partial charge in [-0.1, -0.05) is 41.9 Å². The second-order valence-corrected chi connectivity index (χ2v) is 5.78. The molecule has 0 saturated heterocycles. The number of halogens is 2. The lowest BCUT2D eigenvalue weighted by Gasteiger charge is -2.15. The molecule has 1 aliphatic rings. The minimum Gasteiger partial charge on any atom is -0.324 e. The van der Waals surface area contributed by atoms with E-state index in [1.54, 1.807) is 6.07 Å². The van der Waals surface area contributed by atoms with Gasteiger partial charge in [-0.15, -0.1) is 0 Å². The third-order valence-electron chi connectivity index (χ3n) is 4.02. The normalized spacial score (nSPS) is 15.2. The lowest BCUT2D eigenvalue weighted by atomic mass is 9.96. The van der Waals surface area contributed by atoms with Gasteiger partial charge < -0.3 is 5.73 Å². The van der Waals surface area contributed by atoms with E-state index in [0.717, 1.165) is 17.5 Å². The minimum absolute atomic E-state index is 0.153. The summed E-state index contributed by atoms with van der Waals surface area (Å²) >= 11 is 5.99. The van der Waals surface area contributed by atoms with Gasteiger partial charge >= 0.3 is 0 Å². The average Bonchev–Trinajstić information content (AvgIpc) is 2.91. The van der Waals surface area contributed by atoms with E-state index < -0.39 is 0 Å². The molecule has 1 unspecified atom stereocenters. The van der Waals surface area contributed by atoms with E-state index in [1.165, 1.54) is 30.0 Å².